The maximum atomic E-state index is 9.72. The van der Waals surface area contributed by atoms with Crippen molar-refractivity contribution in [1.29, 1.82) is 5.26 Å². The van der Waals surface area contributed by atoms with E-state index in [-0.39, 0.29) is 0 Å². The van der Waals surface area contributed by atoms with Crippen molar-refractivity contribution in [2.75, 3.05) is 0 Å². The molecule has 4 aromatic carbocycles. The number of rotatable bonds is 5. The van der Waals surface area contributed by atoms with Crippen LogP contribution in [0.1, 0.15) is 11.1 Å². The molecule has 0 atom stereocenters. The van der Waals surface area contributed by atoms with Gasteiger partial charge in [-0.05, 0) is 42.0 Å². The van der Waals surface area contributed by atoms with Crippen LogP contribution in [-0.2, 0) is 0 Å². The normalized spacial score (nSPS) is 11.3. The minimum atomic E-state index is 0.444. The Bertz CT molecular complexity index is 1550. The third-order valence-corrected chi connectivity index (χ3v) is 6.19. The van der Waals surface area contributed by atoms with Gasteiger partial charge in [0.25, 0.3) is 0 Å². The Balaban J connectivity index is 1.54. The van der Waals surface area contributed by atoms with Gasteiger partial charge >= 0.3 is 0 Å². The molecular formula is C30H19Cl2N3. The van der Waals surface area contributed by atoms with Gasteiger partial charge in [-0.25, -0.2) is 4.68 Å². The summed E-state index contributed by atoms with van der Waals surface area (Å²) in [5, 5.41) is 15.6. The van der Waals surface area contributed by atoms with E-state index in [2.05, 4.69) is 36.4 Å². The first-order valence-electron chi connectivity index (χ1n) is 11.0. The molecule has 0 unspecified atom stereocenters. The van der Waals surface area contributed by atoms with Gasteiger partial charge in [-0.2, -0.15) is 10.4 Å². The summed E-state index contributed by atoms with van der Waals surface area (Å²) in [4.78, 5) is 0. The van der Waals surface area contributed by atoms with Crippen molar-refractivity contribution >= 4 is 34.9 Å². The molecule has 0 aliphatic carbocycles. The monoisotopic (exact) mass is 491 g/mol. The molecule has 0 saturated heterocycles. The number of benzene rings is 4. The van der Waals surface area contributed by atoms with Crippen LogP contribution in [-0.4, -0.2) is 9.78 Å². The van der Waals surface area contributed by atoms with Crippen molar-refractivity contribution in [3.05, 3.63) is 130 Å². The van der Waals surface area contributed by atoms with Gasteiger partial charge in [-0.15, -0.1) is 0 Å². The van der Waals surface area contributed by atoms with Crippen LogP contribution in [0.5, 0.6) is 0 Å². The fourth-order valence-electron chi connectivity index (χ4n) is 3.90. The van der Waals surface area contributed by atoms with E-state index in [1.165, 1.54) is 0 Å². The smallest absolute Gasteiger partial charge is 0.0998 e. The average molecular weight is 492 g/mol. The highest BCUT2D eigenvalue weighted by Crippen LogP contribution is 2.30. The van der Waals surface area contributed by atoms with Crippen LogP contribution in [0.3, 0.4) is 0 Å². The number of hydrogen-bond acceptors (Lipinski definition) is 2. The number of aromatic nitrogens is 2. The molecule has 5 aromatic rings. The van der Waals surface area contributed by atoms with E-state index in [1.54, 1.807) is 18.2 Å². The van der Waals surface area contributed by atoms with Crippen LogP contribution in [0, 0.1) is 11.3 Å². The Morgan fingerprint density at radius 1 is 0.771 bits per heavy atom. The van der Waals surface area contributed by atoms with Crippen LogP contribution >= 0.6 is 23.2 Å². The summed E-state index contributed by atoms with van der Waals surface area (Å²) in [5.74, 6) is 0. The van der Waals surface area contributed by atoms with E-state index in [0.29, 0.717) is 21.2 Å². The first-order chi connectivity index (χ1) is 17.1. The van der Waals surface area contributed by atoms with Crippen LogP contribution in [0.2, 0.25) is 10.0 Å². The van der Waals surface area contributed by atoms with Crippen molar-refractivity contribution in [2.45, 2.75) is 0 Å². The van der Waals surface area contributed by atoms with E-state index >= 15 is 0 Å². The predicted octanol–water partition coefficient (Wildman–Crippen LogP) is 8.58. The molecule has 0 aliphatic rings. The summed E-state index contributed by atoms with van der Waals surface area (Å²) < 4.78 is 1.95. The molecule has 1 aromatic heterocycles. The second-order valence-corrected chi connectivity index (χ2v) is 8.79. The molecule has 35 heavy (non-hydrogen) atoms. The Hall–Kier alpha value is -4.10. The molecule has 0 radical (unpaired) electrons. The van der Waals surface area contributed by atoms with Gasteiger partial charge in [-0.1, -0.05) is 102 Å². The highest BCUT2D eigenvalue weighted by Gasteiger charge is 2.13. The largest absolute Gasteiger partial charge is 0.232 e. The quantitative estimate of drug-likeness (QED) is 0.182. The first-order valence-corrected chi connectivity index (χ1v) is 11.8. The second kappa shape index (κ2) is 10.0. The zero-order chi connectivity index (χ0) is 24.2. The van der Waals surface area contributed by atoms with E-state index in [4.69, 9.17) is 28.3 Å². The number of hydrogen-bond donors (Lipinski definition) is 0. The summed E-state index contributed by atoms with van der Waals surface area (Å²) in [7, 11) is 0. The molecule has 5 rings (SSSR count). The number of nitriles is 1. The molecule has 0 spiro atoms. The SMILES string of the molecule is N#C/C(=C\c1ccc(-n2nc(-c3ccccc3)cc2-c2ccccc2)cc1)c1ccc(Cl)cc1Cl. The molecule has 0 aliphatic heterocycles. The molecule has 0 amide bonds. The van der Waals surface area contributed by atoms with Gasteiger partial charge in [0.05, 0.1) is 33.7 Å². The molecule has 0 N–H and O–H groups in total. The lowest BCUT2D eigenvalue weighted by Gasteiger charge is -2.08. The van der Waals surface area contributed by atoms with Crippen molar-refractivity contribution in [2.24, 2.45) is 0 Å². The highest BCUT2D eigenvalue weighted by atomic mass is 35.5. The molecule has 1 heterocycles. The van der Waals surface area contributed by atoms with Crippen LogP contribution in [0.25, 0.3) is 39.9 Å². The van der Waals surface area contributed by atoms with Gasteiger partial charge in [0.1, 0.15) is 0 Å². The summed E-state index contributed by atoms with van der Waals surface area (Å²) in [6.45, 7) is 0. The number of allylic oxidation sites excluding steroid dienone is 1. The fourth-order valence-corrected chi connectivity index (χ4v) is 4.41. The number of halogens is 2. The summed E-state index contributed by atoms with van der Waals surface area (Å²) >= 11 is 12.3. The van der Waals surface area contributed by atoms with Gasteiger partial charge < -0.3 is 0 Å². The van der Waals surface area contributed by atoms with Gasteiger partial charge in [0.2, 0.25) is 0 Å². The van der Waals surface area contributed by atoms with Gasteiger partial charge in [-0.3, -0.25) is 0 Å². The average Bonchev–Trinajstić information content (AvgIpc) is 3.35. The maximum Gasteiger partial charge on any atom is 0.0998 e. The molecule has 0 bridgehead atoms. The van der Waals surface area contributed by atoms with Crippen LogP contribution in [0.4, 0.5) is 0 Å². The lowest BCUT2D eigenvalue weighted by atomic mass is 10.0. The molecule has 0 saturated carbocycles. The Morgan fingerprint density at radius 2 is 1.43 bits per heavy atom. The number of nitrogens with zero attached hydrogens (tertiary/aromatic N) is 3. The van der Waals surface area contributed by atoms with Gasteiger partial charge in [0.15, 0.2) is 0 Å². The summed E-state index contributed by atoms with van der Waals surface area (Å²) in [5.41, 5.74) is 6.95. The molecule has 168 valence electrons. The van der Waals surface area contributed by atoms with Crippen molar-refractivity contribution in [3.63, 3.8) is 0 Å². The Morgan fingerprint density at radius 3 is 2.06 bits per heavy atom. The maximum absolute atomic E-state index is 9.72. The van der Waals surface area contributed by atoms with Crippen molar-refractivity contribution in [3.8, 4) is 34.3 Å². The van der Waals surface area contributed by atoms with E-state index in [1.807, 2.05) is 71.4 Å². The Labute approximate surface area is 214 Å². The highest BCUT2D eigenvalue weighted by molar-refractivity contribution is 6.36. The molecule has 5 heteroatoms. The zero-order valence-electron chi connectivity index (χ0n) is 18.6. The fraction of sp³-hybridized carbons (Fsp3) is 0. The zero-order valence-corrected chi connectivity index (χ0v) is 20.1. The van der Waals surface area contributed by atoms with Crippen molar-refractivity contribution < 1.29 is 0 Å². The lowest BCUT2D eigenvalue weighted by Crippen LogP contribution is -1.99. The Kier molecular flexibility index (Phi) is 6.50. The standard InChI is InChI=1S/C30H19Cl2N3/c31-25-13-16-27(28(32)18-25)24(20-33)17-21-11-14-26(15-12-21)35-30(23-9-5-2-6-10-23)19-29(34-35)22-7-3-1-4-8-22/h1-19H/b24-17+. The minimum absolute atomic E-state index is 0.444. The van der Waals surface area contributed by atoms with Crippen molar-refractivity contribution in [1.82, 2.24) is 9.78 Å². The summed E-state index contributed by atoms with van der Waals surface area (Å²) in [6.07, 6.45) is 1.81. The molecule has 0 fully saturated rings. The first kappa shape index (κ1) is 22.7. The third-order valence-electron chi connectivity index (χ3n) is 5.64. The van der Waals surface area contributed by atoms with Gasteiger partial charge in [0, 0.05) is 21.7 Å². The topological polar surface area (TPSA) is 41.6 Å². The second-order valence-electron chi connectivity index (χ2n) is 7.94. The lowest BCUT2D eigenvalue weighted by molar-refractivity contribution is 0.892. The van der Waals surface area contributed by atoms with E-state index in [9.17, 15) is 5.26 Å². The molecular weight excluding hydrogens is 473 g/mol. The van der Waals surface area contributed by atoms with Crippen LogP contribution in [0.15, 0.2) is 109 Å². The predicted molar refractivity (Wildman–Crippen MR) is 144 cm³/mol. The third kappa shape index (κ3) is 4.90. The van der Waals surface area contributed by atoms with Crippen LogP contribution < -0.4 is 0 Å². The summed E-state index contributed by atoms with van der Waals surface area (Å²) in [6, 6.07) is 37.7. The minimum Gasteiger partial charge on any atom is -0.232 e. The van der Waals surface area contributed by atoms with E-state index < -0.39 is 0 Å². The molecule has 3 nitrogen and oxygen atoms in total. The van der Waals surface area contributed by atoms with E-state index in [0.717, 1.165) is 33.8 Å².